The summed E-state index contributed by atoms with van der Waals surface area (Å²) < 4.78 is 13.0. The molecule has 1 unspecified atom stereocenters. The molecule has 0 spiro atoms. The molecule has 1 nitrogen and oxygen atoms in total. The zero-order valence-electron chi connectivity index (χ0n) is 13.2. The second-order valence-electron chi connectivity index (χ2n) is 7.62. The van der Waals surface area contributed by atoms with Crippen LogP contribution in [-0.2, 0) is 0 Å². The zero-order chi connectivity index (χ0) is 14.7. The Kier molecular flexibility index (Phi) is 5.14. The van der Waals surface area contributed by atoms with Crippen LogP contribution in [0.25, 0.3) is 0 Å². The average Bonchev–Trinajstić information content (AvgIpc) is 2.23. The van der Waals surface area contributed by atoms with Crippen LogP contribution in [0.4, 0.5) is 4.39 Å². The molecule has 0 aliphatic rings. The summed E-state index contributed by atoms with van der Waals surface area (Å²) >= 11 is 0. The van der Waals surface area contributed by atoms with Gasteiger partial charge in [0.1, 0.15) is 5.82 Å². The average molecular weight is 265 g/mol. The SMILES string of the molecule is CC(C)(C)CCNC(c1ccc(F)cc1)C(C)(C)C. The number of benzene rings is 1. The number of hydrogen-bond donors (Lipinski definition) is 1. The maximum atomic E-state index is 13.0. The topological polar surface area (TPSA) is 12.0 Å². The van der Waals surface area contributed by atoms with Crippen LogP contribution in [0.1, 0.15) is 59.6 Å². The Bertz CT molecular complexity index is 381. The summed E-state index contributed by atoms with van der Waals surface area (Å²) in [7, 11) is 0. The maximum absolute atomic E-state index is 13.0. The van der Waals surface area contributed by atoms with E-state index >= 15 is 0 Å². The first-order valence-electron chi connectivity index (χ1n) is 7.08. The van der Waals surface area contributed by atoms with E-state index < -0.39 is 0 Å². The minimum atomic E-state index is -0.175. The lowest BCUT2D eigenvalue weighted by atomic mass is 9.82. The monoisotopic (exact) mass is 265 g/mol. The lowest BCUT2D eigenvalue weighted by Crippen LogP contribution is -2.34. The predicted octanol–water partition coefficient (Wildman–Crippen LogP) is 4.94. The summed E-state index contributed by atoms with van der Waals surface area (Å²) in [5.74, 6) is -0.175. The Morgan fingerprint density at radius 3 is 1.95 bits per heavy atom. The van der Waals surface area contributed by atoms with Gasteiger partial charge in [0.25, 0.3) is 0 Å². The second-order valence-corrected chi connectivity index (χ2v) is 7.62. The molecule has 1 aromatic rings. The first-order chi connectivity index (χ1) is 8.59. The van der Waals surface area contributed by atoms with Crippen LogP contribution in [0, 0.1) is 16.6 Å². The first kappa shape index (κ1) is 16.2. The van der Waals surface area contributed by atoms with Crippen molar-refractivity contribution in [1.82, 2.24) is 5.32 Å². The lowest BCUT2D eigenvalue weighted by molar-refractivity contribution is 0.256. The molecule has 0 saturated carbocycles. The van der Waals surface area contributed by atoms with Gasteiger partial charge in [0, 0.05) is 6.04 Å². The van der Waals surface area contributed by atoms with Crippen molar-refractivity contribution < 1.29 is 4.39 Å². The number of nitrogens with one attached hydrogen (secondary N) is 1. The molecule has 2 heteroatoms. The molecule has 0 radical (unpaired) electrons. The van der Waals surface area contributed by atoms with Gasteiger partial charge in [-0.1, -0.05) is 53.7 Å². The van der Waals surface area contributed by atoms with E-state index in [1.807, 2.05) is 12.1 Å². The van der Waals surface area contributed by atoms with Crippen LogP contribution in [0.3, 0.4) is 0 Å². The molecule has 1 atom stereocenters. The third-order valence-electron chi connectivity index (χ3n) is 3.29. The maximum Gasteiger partial charge on any atom is 0.123 e. The van der Waals surface area contributed by atoms with Crippen molar-refractivity contribution in [2.75, 3.05) is 6.54 Å². The fraction of sp³-hybridized carbons (Fsp3) is 0.647. The van der Waals surface area contributed by atoms with Crippen LogP contribution in [-0.4, -0.2) is 6.54 Å². The van der Waals surface area contributed by atoms with E-state index in [0.717, 1.165) is 18.5 Å². The van der Waals surface area contributed by atoms with Crippen molar-refractivity contribution >= 4 is 0 Å². The third-order valence-corrected chi connectivity index (χ3v) is 3.29. The Morgan fingerprint density at radius 1 is 1.00 bits per heavy atom. The Hall–Kier alpha value is -0.890. The van der Waals surface area contributed by atoms with Gasteiger partial charge in [-0.3, -0.25) is 0 Å². The van der Waals surface area contributed by atoms with Gasteiger partial charge in [-0.25, -0.2) is 4.39 Å². The van der Waals surface area contributed by atoms with Gasteiger partial charge in [0.05, 0.1) is 0 Å². The van der Waals surface area contributed by atoms with Crippen molar-refractivity contribution in [2.24, 2.45) is 10.8 Å². The molecule has 0 aliphatic carbocycles. The molecule has 1 rings (SSSR count). The standard InChI is InChI=1S/C17H28FN/c1-16(2,3)11-12-19-15(17(4,5)6)13-7-9-14(18)10-8-13/h7-10,15,19H,11-12H2,1-6H3. The highest BCUT2D eigenvalue weighted by atomic mass is 19.1. The van der Waals surface area contributed by atoms with Crippen LogP contribution >= 0.6 is 0 Å². The van der Waals surface area contributed by atoms with E-state index in [9.17, 15) is 4.39 Å². The third kappa shape index (κ3) is 5.73. The molecule has 1 N–H and O–H groups in total. The molecule has 0 amide bonds. The quantitative estimate of drug-likeness (QED) is 0.813. The van der Waals surface area contributed by atoms with Crippen molar-refractivity contribution in [3.8, 4) is 0 Å². The molecular weight excluding hydrogens is 237 g/mol. The Balaban J connectivity index is 2.76. The lowest BCUT2D eigenvalue weighted by Gasteiger charge is -2.33. The molecule has 0 aliphatic heterocycles. The molecule has 0 aromatic heterocycles. The van der Waals surface area contributed by atoms with Gasteiger partial charge in [0.15, 0.2) is 0 Å². The van der Waals surface area contributed by atoms with Gasteiger partial charge in [-0.2, -0.15) is 0 Å². The first-order valence-corrected chi connectivity index (χ1v) is 7.08. The van der Waals surface area contributed by atoms with Crippen molar-refractivity contribution in [1.29, 1.82) is 0 Å². The number of hydrogen-bond acceptors (Lipinski definition) is 1. The minimum Gasteiger partial charge on any atom is -0.309 e. The summed E-state index contributed by atoms with van der Waals surface area (Å²) in [6.45, 7) is 14.4. The van der Waals surface area contributed by atoms with E-state index in [2.05, 4.69) is 46.9 Å². The highest BCUT2D eigenvalue weighted by Crippen LogP contribution is 2.33. The van der Waals surface area contributed by atoms with Crippen LogP contribution in [0.5, 0.6) is 0 Å². The molecule has 108 valence electrons. The molecule has 0 fully saturated rings. The van der Waals surface area contributed by atoms with E-state index in [1.54, 1.807) is 12.1 Å². The smallest absolute Gasteiger partial charge is 0.123 e. The molecule has 0 bridgehead atoms. The zero-order valence-corrected chi connectivity index (χ0v) is 13.2. The van der Waals surface area contributed by atoms with Gasteiger partial charge < -0.3 is 5.32 Å². The predicted molar refractivity (Wildman–Crippen MR) is 80.7 cm³/mol. The van der Waals surface area contributed by atoms with Crippen molar-refractivity contribution in [3.63, 3.8) is 0 Å². The van der Waals surface area contributed by atoms with Crippen LogP contribution in [0.15, 0.2) is 24.3 Å². The largest absolute Gasteiger partial charge is 0.309 e. The summed E-state index contributed by atoms with van der Waals surface area (Å²) in [5.41, 5.74) is 1.59. The highest BCUT2D eigenvalue weighted by molar-refractivity contribution is 5.21. The van der Waals surface area contributed by atoms with Gasteiger partial charge >= 0.3 is 0 Å². The van der Waals surface area contributed by atoms with E-state index in [4.69, 9.17) is 0 Å². The highest BCUT2D eigenvalue weighted by Gasteiger charge is 2.26. The normalized spacial score (nSPS) is 14.5. The minimum absolute atomic E-state index is 0.107. The molecule has 0 saturated heterocycles. The second kappa shape index (κ2) is 6.04. The summed E-state index contributed by atoms with van der Waals surface area (Å²) in [4.78, 5) is 0. The molecule has 19 heavy (non-hydrogen) atoms. The van der Waals surface area contributed by atoms with E-state index in [1.165, 1.54) is 0 Å². The van der Waals surface area contributed by atoms with Gasteiger partial charge in [-0.15, -0.1) is 0 Å². The van der Waals surface area contributed by atoms with E-state index in [0.29, 0.717) is 5.41 Å². The van der Waals surface area contributed by atoms with Crippen molar-refractivity contribution in [3.05, 3.63) is 35.6 Å². The summed E-state index contributed by atoms with van der Waals surface area (Å²) in [6, 6.07) is 7.10. The molecular formula is C17H28FN. The van der Waals surface area contributed by atoms with Gasteiger partial charge in [0.2, 0.25) is 0 Å². The number of halogens is 1. The van der Waals surface area contributed by atoms with E-state index in [-0.39, 0.29) is 17.3 Å². The Labute approximate surface area is 117 Å². The summed E-state index contributed by atoms with van der Waals surface area (Å²) in [6.07, 6.45) is 1.13. The van der Waals surface area contributed by atoms with Crippen LogP contribution in [0.2, 0.25) is 0 Å². The fourth-order valence-electron chi connectivity index (χ4n) is 2.17. The van der Waals surface area contributed by atoms with Crippen LogP contribution < -0.4 is 5.32 Å². The molecule has 0 heterocycles. The Morgan fingerprint density at radius 2 is 1.53 bits per heavy atom. The van der Waals surface area contributed by atoms with Gasteiger partial charge in [-0.05, 0) is 41.5 Å². The fourth-order valence-corrected chi connectivity index (χ4v) is 2.17. The number of rotatable bonds is 4. The molecule has 1 aromatic carbocycles. The summed E-state index contributed by atoms with van der Waals surface area (Å²) in [5, 5.41) is 3.63. The van der Waals surface area contributed by atoms with Crippen molar-refractivity contribution in [2.45, 2.75) is 54.0 Å².